The van der Waals surface area contributed by atoms with E-state index in [9.17, 15) is 33.9 Å². The number of nitrogens with zero attached hydrogens (tertiary/aromatic N) is 2. The predicted octanol–water partition coefficient (Wildman–Crippen LogP) is -2.94. The number of hydrogen-bond acceptors (Lipinski definition) is 8. The van der Waals surface area contributed by atoms with Gasteiger partial charge in [-0.05, 0) is 19.3 Å². The third-order valence-corrected chi connectivity index (χ3v) is 5.46. The first-order valence-corrected chi connectivity index (χ1v) is 10.9. The number of H-pyrrole nitrogens is 1. The minimum atomic E-state index is -1.42. The number of hydrogen-bond donors (Lipinski definition) is 7. The molecule has 15 nitrogen and oxygen atoms in total. The molecular formula is C20H29N7O8. The van der Waals surface area contributed by atoms with Crippen molar-refractivity contribution < 1.29 is 39.0 Å². The summed E-state index contributed by atoms with van der Waals surface area (Å²) in [6.45, 7) is 0.190. The lowest BCUT2D eigenvalue weighted by Gasteiger charge is -2.28. The highest BCUT2D eigenvalue weighted by Crippen LogP contribution is 2.19. The van der Waals surface area contributed by atoms with Gasteiger partial charge in [-0.3, -0.25) is 24.0 Å². The Kier molecular flexibility index (Phi) is 9.69. The Labute approximate surface area is 199 Å². The van der Waals surface area contributed by atoms with Gasteiger partial charge in [0.15, 0.2) is 0 Å². The van der Waals surface area contributed by atoms with Gasteiger partial charge in [0.1, 0.15) is 18.1 Å². The van der Waals surface area contributed by atoms with Crippen LogP contribution in [-0.4, -0.2) is 91.4 Å². The summed E-state index contributed by atoms with van der Waals surface area (Å²) in [6, 6.07) is -4.98. The summed E-state index contributed by atoms with van der Waals surface area (Å²) < 4.78 is 0. The van der Waals surface area contributed by atoms with Gasteiger partial charge in [0.25, 0.3) is 0 Å². The van der Waals surface area contributed by atoms with Crippen LogP contribution in [0.1, 0.15) is 37.8 Å². The first kappa shape index (κ1) is 27.2. The molecule has 192 valence electrons. The lowest BCUT2D eigenvalue weighted by molar-refractivity contribution is -0.144. The maximum absolute atomic E-state index is 13.0. The molecule has 4 amide bonds. The highest BCUT2D eigenvalue weighted by Gasteiger charge is 2.38. The van der Waals surface area contributed by atoms with E-state index in [1.165, 1.54) is 17.4 Å². The molecule has 1 aliphatic rings. The molecule has 1 aromatic rings. The lowest BCUT2D eigenvalue weighted by atomic mass is 10.1. The van der Waals surface area contributed by atoms with Crippen molar-refractivity contribution in [1.29, 1.82) is 0 Å². The maximum Gasteiger partial charge on any atom is 0.326 e. The van der Waals surface area contributed by atoms with E-state index in [0.717, 1.165) is 0 Å². The Balaban J connectivity index is 2.15. The van der Waals surface area contributed by atoms with Crippen LogP contribution in [0.5, 0.6) is 0 Å². The Bertz CT molecular complexity index is 951. The second kappa shape index (κ2) is 12.5. The normalized spacial score (nSPS) is 17.7. The third-order valence-electron chi connectivity index (χ3n) is 5.46. The molecular weight excluding hydrogens is 466 g/mol. The number of nitrogens with one attached hydrogen (secondary N) is 3. The monoisotopic (exact) mass is 495 g/mol. The van der Waals surface area contributed by atoms with Crippen LogP contribution >= 0.6 is 0 Å². The van der Waals surface area contributed by atoms with Crippen LogP contribution in [0.15, 0.2) is 12.5 Å². The van der Waals surface area contributed by atoms with E-state index in [2.05, 4.69) is 20.6 Å². The van der Waals surface area contributed by atoms with Crippen molar-refractivity contribution in [2.24, 2.45) is 11.5 Å². The van der Waals surface area contributed by atoms with Gasteiger partial charge in [0.05, 0.1) is 18.8 Å². The molecule has 0 spiro atoms. The number of likely N-dealkylation sites (tertiary alicyclic amines) is 1. The molecule has 1 fully saturated rings. The first-order valence-electron chi connectivity index (χ1n) is 10.9. The molecule has 0 bridgehead atoms. The number of carboxylic acids is 2. The van der Waals surface area contributed by atoms with Crippen molar-refractivity contribution in [3.63, 3.8) is 0 Å². The number of aromatic nitrogens is 2. The summed E-state index contributed by atoms with van der Waals surface area (Å²) in [5.74, 6) is -5.58. The number of aromatic amines is 1. The quantitative estimate of drug-likeness (QED) is 0.147. The number of primary amides is 1. The summed E-state index contributed by atoms with van der Waals surface area (Å²) in [5.41, 5.74) is 11.2. The highest BCUT2D eigenvalue weighted by molar-refractivity contribution is 5.95. The van der Waals surface area contributed by atoms with Gasteiger partial charge in [-0.2, -0.15) is 0 Å². The van der Waals surface area contributed by atoms with Crippen molar-refractivity contribution in [2.75, 3.05) is 6.54 Å². The fourth-order valence-corrected chi connectivity index (χ4v) is 3.70. The summed E-state index contributed by atoms with van der Waals surface area (Å²) in [5, 5.41) is 23.1. The van der Waals surface area contributed by atoms with Crippen molar-refractivity contribution in [1.82, 2.24) is 25.5 Å². The van der Waals surface area contributed by atoms with Crippen LogP contribution in [0.2, 0.25) is 0 Å². The SMILES string of the molecule is NC(=O)CCC(NC(=O)C(Cc1cnc[nH]1)NC(=O)C1CCCN1C(=O)C(N)CC(=O)O)C(=O)O. The number of amides is 4. The first-order chi connectivity index (χ1) is 16.5. The number of aliphatic carboxylic acids is 2. The fraction of sp³-hybridized carbons (Fsp3) is 0.550. The largest absolute Gasteiger partial charge is 0.481 e. The summed E-state index contributed by atoms with van der Waals surface area (Å²) >= 11 is 0. The molecule has 15 heteroatoms. The summed E-state index contributed by atoms with van der Waals surface area (Å²) in [6.07, 6.45) is 2.33. The molecule has 0 saturated carbocycles. The van der Waals surface area contributed by atoms with E-state index in [1.807, 2.05) is 0 Å². The van der Waals surface area contributed by atoms with Crippen molar-refractivity contribution in [3.8, 4) is 0 Å². The molecule has 9 N–H and O–H groups in total. The molecule has 1 aliphatic heterocycles. The fourth-order valence-electron chi connectivity index (χ4n) is 3.70. The van der Waals surface area contributed by atoms with E-state index in [1.54, 1.807) is 0 Å². The van der Waals surface area contributed by atoms with Crippen LogP contribution in [0.25, 0.3) is 0 Å². The average molecular weight is 495 g/mol. The molecule has 0 aromatic carbocycles. The smallest absolute Gasteiger partial charge is 0.326 e. The van der Waals surface area contributed by atoms with E-state index >= 15 is 0 Å². The van der Waals surface area contributed by atoms with Gasteiger partial charge in [-0.25, -0.2) is 9.78 Å². The molecule has 4 atom stereocenters. The maximum atomic E-state index is 13.0. The zero-order chi connectivity index (χ0) is 26.1. The van der Waals surface area contributed by atoms with E-state index in [4.69, 9.17) is 16.6 Å². The molecule has 2 rings (SSSR count). The third kappa shape index (κ3) is 8.06. The van der Waals surface area contributed by atoms with Gasteiger partial charge in [-0.15, -0.1) is 0 Å². The molecule has 0 radical (unpaired) electrons. The van der Waals surface area contributed by atoms with Crippen LogP contribution in [-0.2, 0) is 35.2 Å². The zero-order valence-electron chi connectivity index (χ0n) is 18.8. The second-order valence-electron chi connectivity index (χ2n) is 8.14. The molecule has 0 aliphatic carbocycles. The van der Waals surface area contributed by atoms with Crippen LogP contribution in [0.3, 0.4) is 0 Å². The average Bonchev–Trinajstić information content (AvgIpc) is 3.46. The molecule has 1 aromatic heterocycles. The topological polar surface area (TPSA) is 251 Å². The van der Waals surface area contributed by atoms with Gasteiger partial charge in [0.2, 0.25) is 23.6 Å². The van der Waals surface area contributed by atoms with Gasteiger partial charge in [0, 0.05) is 31.3 Å². The lowest BCUT2D eigenvalue weighted by Crippen LogP contribution is -2.57. The Morgan fingerprint density at radius 3 is 2.46 bits per heavy atom. The van der Waals surface area contributed by atoms with Crippen molar-refractivity contribution in [3.05, 3.63) is 18.2 Å². The van der Waals surface area contributed by atoms with Crippen molar-refractivity contribution in [2.45, 2.75) is 62.7 Å². The minimum Gasteiger partial charge on any atom is -0.481 e. The minimum absolute atomic E-state index is 0.0705. The van der Waals surface area contributed by atoms with E-state index in [0.29, 0.717) is 12.1 Å². The summed E-state index contributed by atoms with van der Waals surface area (Å²) in [7, 11) is 0. The summed E-state index contributed by atoms with van der Waals surface area (Å²) in [4.78, 5) is 79.8. The number of carboxylic acid groups (broad SMARTS) is 2. The standard InChI is InChI=1S/C20H29N7O8/c21-11(7-16(29)30)19(33)27-5-1-2-14(27)18(32)26-13(6-10-8-23-9-24-10)17(31)25-12(20(34)35)3-4-15(22)28/h8-9,11-14H,1-7,21H2,(H2,22,28)(H,23,24)(H,25,31)(H,26,32)(H,29,30)(H,34,35). The second-order valence-corrected chi connectivity index (χ2v) is 8.14. The predicted molar refractivity (Wildman–Crippen MR) is 117 cm³/mol. The van der Waals surface area contributed by atoms with Gasteiger partial charge in [-0.1, -0.05) is 0 Å². The highest BCUT2D eigenvalue weighted by atomic mass is 16.4. The number of carbonyl (C=O) groups excluding carboxylic acids is 4. The zero-order valence-corrected chi connectivity index (χ0v) is 18.8. The molecule has 4 unspecified atom stereocenters. The molecule has 1 saturated heterocycles. The van der Waals surface area contributed by atoms with Crippen LogP contribution in [0, 0.1) is 0 Å². The van der Waals surface area contributed by atoms with E-state index in [-0.39, 0.29) is 32.2 Å². The van der Waals surface area contributed by atoms with Gasteiger partial charge >= 0.3 is 11.9 Å². The number of rotatable bonds is 13. The Morgan fingerprint density at radius 1 is 1.17 bits per heavy atom. The van der Waals surface area contributed by atoms with Crippen molar-refractivity contribution >= 4 is 35.6 Å². The van der Waals surface area contributed by atoms with Crippen LogP contribution < -0.4 is 22.1 Å². The van der Waals surface area contributed by atoms with Gasteiger partial charge < -0.3 is 42.2 Å². The van der Waals surface area contributed by atoms with E-state index < -0.39 is 66.2 Å². The van der Waals surface area contributed by atoms with Crippen LogP contribution in [0.4, 0.5) is 0 Å². The Morgan fingerprint density at radius 2 is 1.89 bits per heavy atom. The number of carbonyl (C=O) groups is 6. The molecule has 35 heavy (non-hydrogen) atoms. The number of imidazole rings is 1. The Hall–Kier alpha value is -4.01. The molecule has 2 heterocycles. The number of nitrogens with two attached hydrogens (primary N) is 2.